The molecule has 3 aromatic carbocycles. The first-order valence-corrected chi connectivity index (χ1v) is 12.2. The summed E-state index contributed by atoms with van der Waals surface area (Å²) in [6, 6.07) is 15.7. The van der Waals surface area contributed by atoms with E-state index in [9.17, 15) is 40.2 Å². The van der Waals surface area contributed by atoms with E-state index in [2.05, 4.69) is 4.74 Å². The Morgan fingerprint density at radius 1 is 0.800 bits per heavy atom. The van der Waals surface area contributed by atoms with Crippen molar-refractivity contribution in [1.82, 2.24) is 0 Å². The predicted molar refractivity (Wildman–Crippen MR) is 132 cm³/mol. The van der Waals surface area contributed by atoms with Crippen molar-refractivity contribution >= 4 is 5.69 Å². The average Bonchev–Trinajstić information content (AvgIpc) is 2.86. The van der Waals surface area contributed by atoms with E-state index >= 15 is 0 Å². The molecule has 0 aliphatic heterocycles. The standard InChI is InChI=1S/C28H27F8NO3/c1-2-6-23(38)17-37(16-19-7-3-9-21(13-19)26(29,30)27(31,32)33)22-10-5-11-24(15-22)39-18-20-8-4-12-25(14-20)40-28(34,35)36/h3-5,7-15,23,38H,2,6,16-18H2,1H3. The number of benzene rings is 3. The third-order valence-corrected chi connectivity index (χ3v) is 5.79. The van der Waals surface area contributed by atoms with Gasteiger partial charge in [0.2, 0.25) is 0 Å². The summed E-state index contributed by atoms with van der Waals surface area (Å²) >= 11 is 0. The largest absolute Gasteiger partial charge is 0.573 e. The minimum atomic E-state index is -5.76. The molecule has 0 spiro atoms. The maximum atomic E-state index is 13.9. The van der Waals surface area contributed by atoms with Crippen molar-refractivity contribution in [3.05, 3.63) is 89.5 Å². The van der Waals surface area contributed by atoms with Gasteiger partial charge >= 0.3 is 18.5 Å². The molecule has 218 valence electrons. The summed E-state index contributed by atoms with van der Waals surface area (Å²) in [4.78, 5) is 1.62. The number of aliphatic hydroxyl groups excluding tert-OH is 1. The molecule has 0 aliphatic carbocycles. The van der Waals surface area contributed by atoms with E-state index in [1.807, 2.05) is 6.92 Å². The van der Waals surface area contributed by atoms with Crippen LogP contribution in [-0.2, 0) is 19.1 Å². The van der Waals surface area contributed by atoms with Crippen LogP contribution in [0, 0.1) is 0 Å². The average molecular weight is 578 g/mol. The predicted octanol–water partition coefficient (Wildman–Crippen LogP) is 7.99. The Hall–Kier alpha value is -3.54. The lowest BCUT2D eigenvalue weighted by Gasteiger charge is -2.28. The molecule has 0 saturated heterocycles. The van der Waals surface area contributed by atoms with Gasteiger partial charge in [0.25, 0.3) is 0 Å². The van der Waals surface area contributed by atoms with Crippen molar-refractivity contribution in [2.45, 2.75) is 57.5 Å². The molecule has 12 heteroatoms. The zero-order valence-electron chi connectivity index (χ0n) is 21.3. The van der Waals surface area contributed by atoms with E-state index in [1.54, 1.807) is 35.2 Å². The number of aliphatic hydroxyl groups is 1. The zero-order valence-corrected chi connectivity index (χ0v) is 21.3. The third-order valence-electron chi connectivity index (χ3n) is 5.79. The number of ether oxygens (including phenoxy) is 2. The molecule has 0 heterocycles. The molecule has 1 N–H and O–H groups in total. The molecule has 0 amide bonds. The van der Waals surface area contributed by atoms with E-state index in [0.717, 1.165) is 18.2 Å². The van der Waals surface area contributed by atoms with E-state index in [0.29, 0.717) is 35.9 Å². The lowest BCUT2D eigenvalue weighted by molar-refractivity contribution is -0.289. The topological polar surface area (TPSA) is 41.9 Å². The summed E-state index contributed by atoms with van der Waals surface area (Å²) in [5, 5.41) is 10.4. The first-order valence-electron chi connectivity index (χ1n) is 12.2. The highest BCUT2D eigenvalue weighted by Gasteiger charge is 2.58. The van der Waals surface area contributed by atoms with Crippen LogP contribution in [0.5, 0.6) is 11.5 Å². The Bertz CT molecular complexity index is 1250. The van der Waals surface area contributed by atoms with Crippen molar-refractivity contribution in [1.29, 1.82) is 0 Å². The molecular formula is C28H27F8NO3. The minimum Gasteiger partial charge on any atom is -0.489 e. The first-order chi connectivity index (χ1) is 18.7. The van der Waals surface area contributed by atoms with Gasteiger partial charge in [0.1, 0.15) is 18.1 Å². The lowest BCUT2D eigenvalue weighted by atomic mass is 10.0. The van der Waals surface area contributed by atoms with Crippen LogP contribution in [0.3, 0.4) is 0 Å². The van der Waals surface area contributed by atoms with Crippen LogP contribution in [0.25, 0.3) is 0 Å². The fourth-order valence-corrected chi connectivity index (χ4v) is 3.96. The highest BCUT2D eigenvalue weighted by molar-refractivity contribution is 5.51. The number of alkyl halides is 8. The fraction of sp³-hybridized carbons (Fsp3) is 0.357. The van der Waals surface area contributed by atoms with Gasteiger partial charge in [0, 0.05) is 30.4 Å². The van der Waals surface area contributed by atoms with E-state index in [-0.39, 0.29) is 25.3 Å². The molecular weight excluding hydrogens is 550 g/mol. The Kier molecular flexibility index (Phi) is 9.88. The Morgan fingerprint density at radius 2 is 1.45 bits per heavy atom. The quantitative estimate of drug-likeness (QED) is 0.222. The van der Waals surface area contributed by atoms with Gasteiger partial charge in [-0.2, -0.15) is 22.0 Å². The zero-order chi connectivity index (χ0) is 29.6. The summed E-state index contributed by atoms with van der Waals surface area (Å²) in [6.45, 7) is 1.71. The maximum absolute atomic E-state index is 13.9. The summed E-state index contributed by atoms with van der Waals surface area (Å²) in [7, 11) is 0. The Balaban J connectivity index is 1.82. The molecule has 1 unspecified atom stereocenters. The number of hydrogen-bond donors (Lipinski definition) is 1. The second kappa shape index (κ2) is 12.8. The van der Waals surface area contributed by atoms with Crippen molar-refractivity contribution < 1.29 is 49.7 Å². The van der Waals surface area contributed by atoms with Gasteiger partial charge in [0.05, 0.1) is 6.10 Å². The van der Waals surface area contributed by atoms with E-state index in [1.165, 1.54) is 18.2 Å². The van der Waals surface area contributed by atoms with Crippen LogP contribution in [0.15, 0.2) is 72.8 Å². The first kappa shape index (κ1) is 31.0. The Morgan fingerprint density at radius 3 is 2.12 bits per heavy atom. The summed E-state index contributed by atoms with van der Waals surface area (Å²) in [5.41, 5.74) is -0.155. The molecule has 0 saturated carbocycles. The monoisotopic (exact) mass is 577 g/mol. The van der Waals surface area contributed by atoms with Gasteiger partial charge in [-0.3, -0.25) is 0 Å². The smallest absolute Gasteiger partial charge is 0.489 e. The van der Waals surface area contributed by atoms with Crippen LogP contribution in [0.2, 0.25) is 0 Å². The maximum Gasteiger partial charge on any atom is 0.573 e. The van der Waals surface area contributed by atoms with Crippen LogP contribution >= 0.6 is 0 Å². The number of nitrogens with zero attached hydrogens (tertiary/aromatic N) is 1. The van der Waals surface area contributed by atoms with Crippen molar-refractivity contribution in [2.75, 3.05) is 11.4 Å². The highest BCUT2D eigenvalue weighted by Crippen LogP contribution is 2.44. The molecule has 4 nitrogen and oxygen atoms in total. The van der Waals surface area contributed by atoms with Gasteiger partial charge in [-0.15, -0.1) is 13.2 Å². The van der Waals surface area contributed by atoms with Gasteiger partial charge < -0.3 is 19.5 Å². The van der Waals surface area contributed by atoms with Crippen LogP contribution in [0.1, 0.15) is 36.5 Å². The molecule has 3 aromatic rings. The number of hydrogen-bond acceptors (Lipinski definition) is 4. The SMILES string of the molecule is CCCC(O)CN(Cc1cccc(C(F)(F)C(F)(F)F)c1)c1cccc(OCc2cccc(OC(F)(F)F)c2)c1. The number of anilines is 1. The number of rotatable bonds is 12. The van der Waals surface area contributed by atoms with Crippen LogP contribution < -0.4 is 14.4 Å². The molecule has 0 radical (unpaired) electrons. The van der Waals surface area contributed by atoms with E-state index in [4.69, 9.17) is 4.74 Å². The minimum absolute atomic E-state index is 0.0496. The van der Waals surface area contributed by atoms with Gasteiger partial charge in [-0.25, -0.2) is 0 Å². The summed E-state index contributed by atoms with van der Waals surface area (Å²) in [5.74, 6) is -5.13. The highest BCUT2D eigenvalue weighted by atomic mass is 19.4. The fourth-order valence-electron chi connectivity index (χ4n) is 3.96. The van der Waals surface area contributed by atoms with Gasteiger partial charge in [0.15, 0.2) is 0 Å². The van der Waals surface area contributed by atoms with Crippen LogP contribution in [-0.4, -0.2) is 30.3 Å². The van der Waals surface area contributed by atoms with E-state index < -0.39 is 35.9 Å². The normalized spacial score (nSPS) is 13.2. The molecule has 1 atom stereocenters. The van der Waals surface area contributed by atoms with Crippen molar-refractivity contribution in [3.63, 3.8) is 0 Å². The van der Waals surface area contributed by atoms with Crippen molar-refractivity contribution in [3.8, 4) is 11.5 Å². The molecule has 0 aromatic heterocycles. The van der Waals surface area contributed by atoms with Crippen LogP contribution in [0.4, 0.5) is 40.8 Å². The second-order valence-corrected chi connectivity index (χ2v) is 9.08. The third kappa shape index (κ3) is 8.73. The summed E-state index contributed by atoms with van der Waals surface area (Å²) in [6.07, 6.45) is -10.3. The Labute approximate surface area is 225 Å². The molecule has 0 fully saturated rings. The second-order valence-electron chi connectivity index (χ2n) is 9.08. The molecule has 0 bridgehead atoms. The molecule has 40 heavy (non-hydrogen) atoms. The lowest BCUT2D eigenvalue weighted by Crippen LogP contribution is -2.34. The molecule has 0 aliphatic rings. The van der Waals surface area contributed by atoms with Crippen molar-refractivity contribution in [2.24, 2.45) is 0 Å². The summed E-state index contributed by atoms with van der Waals surface area (Å²) < 4.78 is 114. The van der Waals surface area contributed by atoms with Gasteiger partial charge in [-0.1, -0.05) is 49.7 Å². The van der Waals surface area contributed by atoms with Gasteiger partial charge in [-0.05, 0) is 47.9 Å². The number of halogens is 8. The molecule has 3 rings (SSSR count).